The third-order valence-corrected chi connectivity index (χ3v) is 3.34. The van der Waals surface area contributed by atoms with Crippen molar-refractivity contribution in [1.29, 1.82) is 0 Å². The molecule has 0 atom stereocenters. The Balaban J connectivity index is 1.77. The van der Waals surface area contributed by atoms with Gasteiger partial charge >= 0.3 is 5.97 Å². The zero-order valence-electron chi connectivity index (χ0n) is 12.3. The zero-order valence-corrected chi connectivity index (χ0v) is 12.3. The van der Waals surface area contributed by atoms with Gasteiger partial charge in [0.15, 0.2) is 0 Å². The highest BCUT2D eigenvalue weighted by Gasteiger charge is 2.13. The Kier molecular flexibility index (Phi) is 4.05. The van der Waals surface area contributed by atoms with Crippen LogP contribution in [0.15, 0.2) is 48.7 Å². The zero-order chi connectivity index (χ0) is 15.4. The average Bonchev–Trinajstić information content (AvgIpc) is 2.96. The van der Waals surface area contributed by atoms with Crippen LogP contribution in [0.3, 0.4) is 0 Å². The summed E-state index contributed by atoms with van der Waals surface area (Å²) in [7, 11) is 0. The van der Waals surface area contributed by atoms with E-state index in [1.165, 1.54) is 0 Å². The van der Waals surface area contributed by atoms with E-state index >= 15 is 0 Å². The average molecular weight is 295 g/mol. The van der Waals surface area contributed by atoms with Crippen molar-refractivity contribution in [2.24, 2.45) is 0 Å². The van der Waals surface area contributed by atoms with Gasteiger partial charge in [0.05, 0.1) is 13.2 Å². The molecule has 1 aromatic carbocycles. The fourth-order valence-electron chi connectivity index (χ4n) is 2.33. The molecule has 0 unspecified atom stereocenters. The summed E-state index contributed by atoms with van der Waals surface area (Å²) in [5.41, 5.74) is 2.56. The molecule has 0 aliphatic rings. The highest BCUT2D eigenvalue weighted by atomic mass is 16.5. The Morgan fingerprint density at radius 3 is 2.95 bits per heavy atom. The van der Waals surface area contributed by atoms with Gasteiger partial charge in [0.2, 0.25) is 0 Å². The number of H-pyrrole nitrogens is 1. The minimum absolute atomic E-state index is 0.342. The minimum Gasteiger partial charge on any atom is -0.462 e. The van der Waals surface area contributed by atoms with E-state index < -0.39 is 0 Å². The molecule has 0 saturated carbocycles. The SMILES string of the molecule is CCOC(=O)c1cccnc1NCc1cc2ccccc2[nH]1. The van der Waals surface area contributed by atoms with Crippen molar-refractivity contribution in [2.45, 2.75) is 13.5 Å². The predicted octanol–water partition coefficient (Wildman–Crippen LogP) is 3.35. The number of aromatic nitrogens is 2. The van der Waals surface area contributed by atoms with Gasteiger partial charge in [-0.25, -0.2) is 9.78 Å². The molecule has 112 valence electrons. The number of esters is 1. The van der Waals surface area contributed by atoms with Crippen LogP contribution in [0.1, 0.15) is 23.0 Å². The lowest BCUT2D eigenvalue weighted by Crippen LogP contribution is -2.11. The first-order valence-electron chi connectivity index (χ1n) is 7.20. The van der Waals surface area contributed by atoms with Crippen LogP contribution in [0, 0.1) is 0 Å². The maximum absolute atomic E-state index is 11.9. The van der Waals surface area contributed by atoms with Crippen LogP contribution in [-0.4, -0.2) is 22.5 Å². The van der Waals surface area contributed by atoms with Gasteiger partial charge in [0.1, 0.15) is 11.4 Å². The van der Waals surface area contributed by atoms with Crippen LogP contribution < -0.4 is 5.32 Å². The van der Waals surface area contributed by atoms with Gasteiger partial charge in [-0.3, -0.25) is 0 Å². The lowest BCUT2D eigenvalue weighted by Gasteiger charge is -2.09. The second kappa shape index (κ2) is 6.30. The summed E-state index contributed by atoms with van der Waals surface area (Å²) >= 11 is 0. The van der Waals surface area contributed by atoms with Crippen molar-refractivity contribution in [3.63, 3.8) is 0 Å². The first kappa shape index (κ1) is 14.1. The summed E-state index contributed by atoms with van der Waals surface area (Å²) in [6, 6.07) is 13.6. The van der Waals surface area contributed by atoms with Gasteiger partial charge in [-0.05, 0) is 36.6 Å². The highest BCUT2D eigenvalue weighted by molar-refractivity contribution is 5.94. The highest BCUT2D eigenvalue weighted by Crippen LogP contribution is 2.17. The Morgan fingerprint density at radius 2 is 2.14 bits per heavy atom. The van der Waals surface area contributed by atoms with Crippen molar-refractivity contribution < 1.29 is 9.53 Å². The number of pyridine rings is 1. The fourth-order valence-corrected chi connectivity index (χ4v) is 2.33. The van der Waals surface area contributed by atoms with Crippen LogP contribution in [0.5, 0.6) is 0 Å². The van der Waals surface area contributed by atoms with E-state index in [1.807, 2.05) is 18.2 Å². The van der Waals surface area contributed by atoms with E-state index in [9.17, 15) is 4.79 Å². The van der Waals surface area contributed by atoms with Crippen LogP contribution >= 0.6 is 0 Å². The number of anilines is 1. The maximum atomic E-state index is 11.9. The van der Waals surface area contributed by atoms with Crippen LogP contribution in [-0.2, 0) is 11.3 Å². The number of rotatable bonds is 5. The van der Waals surface area contributed by atoms with Gasteiger partial charge in [-0.1, -0.05) is 18.2 Å². The molecule has 2 aromatic heterocycles. The van der Waals surface area contributed by atoms with Gasteiger partial charge in [0.25, 0.3) is 0 Å². The van der Waals surface area contributed by atoms with E-state index in [4.69, 9.17) is 4.74 Å². The molecule has 0 aliphatic carbocycles. The first-order chi connectivity index (χ1) is 10.8. The molecule has 5 nitrogen and oxygen atoms in total. The normalized spacial score (nSPS) is 10.6. The number of nitrogens with one attached hydrogen (secondary N) is 2. The van der Waals surface area contributed by atoms with E-state index in [1.54, 1.807) is 25.3 Å². The van der Waals surface area contributed by atoms with Crippen LogP contribution in [0.2, 0.25) is 0 Å². The summed E-state index contributed by atoms with van der Waals surface area (Å²) in [5.74, 6) is 0.161. The summed E-state index contributed by atoms with van der Waals surface area (Å²) < 4.78 is 5.04. The van der Waals surface area contributed by atoms with E-state index in [0.717, 1.165) is 16.6 Å². The molecule has 3 rings (SSSR count). The van der Waals surface area contributed by atoms with Crippen molar-refractivity contribution in [3.05, 3.63) is 59.9 Å². The van der Waals surface area contributed by atoms with Gasteiger partial charge < -0.3 is 15.0 Å². The molecule has 22 heavy (non-hydrogen) atoms. The maximum Gasteiger partial charge on any atom is 0.341 e. The Bertz CT molecular complexity index is 762. The molecule has 0 amide bonds. The first-order valence-corrected chi connectivity index (χ1v) is 7.20. The molecule has 2 heterocycles. The summed E-state index contributed by atoms with van der Waals surface area (Å²) in [6.07, 6.45) is 1.65. The molecule has 2 N–H and O–H groups in total. The molecule has 3 aromatic rings. The number of carbonyl (C=O) groups is 1. The van der Waals surface area contributed by atoms with Crippen LogP contribution in [0.25, 0.3) is 10.9 Å². The van der Waals surface area contributed by atoms with E-state index in [2.05, 4.69) is 27.4 Å². The molecule has 0 aliphatic heterocycles. The summed E-state index contributed by atoms with van der Waals surface area (Å²) in [6.45, 7) is 2.68. The monoisotopic (exact) mass is 295 g/mol. The van der Waals surface area contributed by atoms with Gasteiger partial charge in [0, 0.05) is 17.4 Å². The van der Waals surface area contributed by atoms with Gasteiger partial charge in [-0.2, -0.15) is 0 Å². The second-order valence-corrected chi connectivity index (χ2v) is 4.86. The predicted molar refractivity (Wildman–Crippen MR) is 85.8 cm³/mol. The van der Waals surface area contributed by atoms with Crippen molar-refractivity contribution in [3.8, 4) is 0 Å². The Morgan fingerprint density at radius 1 is 1.27 bits per heavy atom. The molecule has 0 bridgehead atoms. The smallest absolute Gasteiger partial charge is 0.341 e. The Labute approximate surface area is 128 Å². The molecular formula is C17H17N3O2. The number of ether oxygens (including phenoxy) is 1. The molecular weight excluding hydrogens is 278 g/mol. The van der Waals surface area contributed by atoms with E-state index in [0.29, 0.717) is 24.5 Å². The summed E-state index contributed by atoms with van der Waals surface area (Å²) in [4.78, 5) is 19.5. The molecule has 5 heteroatoms. The van der Waals surface area contributed by atoms with Crippen molar-refractivity contribution >= 4 is 22.7 Å². The van der Waals surface area contributed by atoms with Gasteiger partial charge in [-0.15, -0.1) is 0 Å². The molecule has 0 fully saturated rings. The minimum atomic E-state index is -0.366. The van der Waals surface area contributed by atoms with E-state index in [-0.39, 0.29) is 5.97 Å². The molecule has 0 spiro atoms. The number of hydrogen-bond donors (Lipinski definition) is 2. The Hall–Kier alpha value is -2.82. The third-order valence-electron chi connectivity index (χ3n) is 3.34. The lowest BCUT2D eigenvalue weighted by molar-refractivity contribution is 0.0527. The number of nitrogens with zero attached hydrogens (tertiary/aromatic N) is 1. The number of carbonyl (C=O) groups excluding carboxylic acids is 1. The topological polar surface area (TPSA) is 67.0 Å². The number of benzene rings is 1. The number of aromatic amines is 1. The summed E-state index contributed by atoms with van der Waals surface area (Å²) in [5, 5.41) is 4.34. The molecule has 0 saturated heterocycles. The second-order valence-electron chi connectivity index (χ2n) is 4.86. The number of fused-ring (bicyclic) bond motifs is 1. The largest absolute Gasteiger partial charge is 0.462 e. The van der Waals surface area contributed by atoms with Crippen molar-refractivity contribution in [2.75, 3.05) is 11.9 Å². The number of para-hydroxylation sites is 1. The quantitative estimate of drug-likeness (QED) is 0.708. The standard InChI is InChI=1S/C17H17N3O2/c1-2-22-17(21)14-7-5-9-18-16(14)19-11-13-10-12-6-3-4-8-15(12)20-13/h3-10,20H,2,11H2,1H3,(H,18,19). The van der Waals surface area contributed by atoms with Crippen LogP contribution in [0.4, 0.5) is 5.82 Å². The lowest BCUT2D eigenvalue weighted by atomic mass is 10.2. The fraction of sp³-hybridized carbons (Fsp3) is 0.176. The van der Waals surface area contributed by atoms with Crippen molar-refractivity contribution in [1.82, 2.24) is 9.97 Å². The third kappa shape index (κ3) is 2.93. The molecule has 0 radical (unpaired) electrons. The number of hydrogen-bond acceptors (Lipinski definition) is 4.